The summed E-state index contributed by atoms with van der Waals surface area (Å²) in [6.07, 6.45) is -4.69. The molecule has 0 aliphatic heterocycles. The largest absolute Gasteiger partial charge is 0.416 e. The van der Waals surface area contributed by atoms with Gasteiger partial charge in [0, 0.05) is 66.1 Å². The van der Waals surface area contributed by atoms with Crippen LogP contribution in [0.15, 0.2) is 243 Å². The van der Waals surface area contributed by atoms with Crippen molar-refractivity contribution in [2.75, 3.05) is 0 Å². The van der Waals surface area contributed by atoms with Crippen LogP contribution < -0.4 is 0 Å². The highest BCUT2D eigenvalue weighted by Gasteiger charge is 2.33. The maximum absolute atomic E-state index is 15.2. The third-order valence-corrected chi connectivity index (χ3v) is 14.5. The Labute approximate surface area is 455 Å². The number of nitriles is 1. The van der Waals surface area contributed by atoms with Crippen LogP contribution in [0.4, 0.5) is 13.2 Å². The van der Waals surface area contributed by atoms with Gasteiger partial charge in [0.05, 0.1) is 50.6 Å². The van der Waals surface area contributed by atoms with Crippen molar-refractivity contribution in [2.24, 2.45) is 0 Å². The lowest BCUT2D eigenvalue weighted by atomic mass is 9.97. The molecule has 14 rings (SSSR count). The van der Waals surface area contributed by atoms with Gasteiger partial charge in [0.2, 0.25) is 0 Å². The average molecular weight is 1040 g/mol. The molecule has 0 saturated carbocycles. The normalized spacial score (nSPS) is 11.7. The van der Waals surface area contributed by atoms with E-state index in [1.54, 1.807) is 12.1 Å². The van der Waals surface area contributed by atoms with Gasteiger partial charge in [-0.15, -0.1) is 0 Å². The highest BCUT2D eigenvalue weighted by atomic mass is 19.4. The van der Waals surface area contributed by atoms with Gasteiger partial charge >= 0.3 is 6.18 Å². The molecule has 0 N–H and O–H groups in total. The lowest BCUT2D eigenvalue weighted by molar-refractivity contribution is -0.137. The molecule has 0 amide bonds. The van der Waals surface area contributed by atoms with Crippen LogP contribution in [-0.2, 0) is 6.18 Å². The number of hydrogen-bond acceptors (Lipinski definition) is 7. The number of nitrogens with zero attached hydrogens (tertiary/aromatic N) is 9. The maximum Gasteiger partial charge on any atom is 0.416 e. The van der Waals surface area contributed by atoms with Crippen molar-refractivity contribution in [3.63, 3.8) is 0 Å². The Balaban J connectivity index is 0.966. The second kappa shape index (κ2) is 19.3. The molecule has 10 aromatic carbocycles. The van der Waals surface area contributed by atoms with E-state index in [-0.39, 0.29) is 5.69 Å². The maximum atomic E-state index is 15.2. The molecule has 12 heteroatoms. The minimum atomic E-state index is -4.69. The summed E-state index contributed by atoms with van der Waals surface area (Å²) in [5.74, 6) is 3.00. The van der Waals surface area contributed by atoms with Gasteiger partial charge in [-0.25, -0.2) is 29.9 Å². The minimum absolute atomic E-state index is 0.273. The second-order valence-corrected chi connectivity index (χ2v) is 19.3. The molecule has 0 unspecified atom stereocenters. The summed E-state index contributed by atoms with van der Waals surface area (Å²) in [7, 11) is 0. The molecule has 0 spiro atoms. The zero-order valence-electron chi connectivity index (χ0n) is 42.3. The molecule has 4 aromatic heterocycles. The first kappa shape index (κ1) is 47.5. The van der Waals surface area contributed by atoms with Crippen LogP contribution >= 0.6 is 0 Å². The van der Waals surface area contributed by atoms with E-state index in [0.717, 1.165) is 66.5 Å². The predicted octanol–water partition coefficient (Wildman–Crippen LogP) is 16.8. The summed E-state index contributed by atoms with van der Waals surface area (Å²) < 4.78 is 49.5. The first-order valence-electron chi connectivity index (χ1n) is 25.8. The van der Waals surface area contributed by atoms with Crippen LogP contribution in [-0.4, -0.2) is 39.0 Å². The zero-order valence-corrected chi connectivity index (χ0v) is 42.3. The van der Waals surface area contributed by atoms with Crippen LogP contribution in [0.5, 0.6) is 0 Å². The van der Waals surface area contributed by atoms with Gasteiger partial charge in [-0.05, 0) is 78.9 Å². The fourth-order valence-electron chi connectivity index (χ4n) is 10.8. The summed E-state index contributed by atoms with van der Waals surface area (Å²) in [6.45, 7) is 0. The number of hydrogen-bond donors (Lipinski definition) is 0. The van der Waals surface area contributed by atoms with E-state index >= 15 is 13.2 Å². The predicted molar refractivity (Wildman–Crippen MR) is 310 cm³/mol. The van der Waals surface area contributed by atoms with Gasteiger partial charge in [-0.2, -0.15) is 18.4 Å². The molecule has 378 valence electrons. The second-order valence-electron chi connectivity index (χ2n) is 19.3. The molecule has 14 aromatic rings. The molecular weight excluding hydrogens is 1000 g/mol. The van der Waals surface area contributed by atoms with Crippen molar-refractivity contribution in [1.29, 1.82) is 5.26 Å². The fraction of sp³-hybridized carbons (Fsp3) is 0.0147. The number of fused-ring (bicyclic) bond motifs is 6. The Morgan fingerprint density at radius 3 is 1.10 bits per heavy atom. The molecule has 80 heavy (non-hydrogen) atoms. The SMILES string of the molecule is N#Cc1ccc(-n2c3ccccc3c3cc(-c4nc(-c5ccccc5)nc(-c5ccccc5)n4)ccc32)c(-c2ccc(C(F)(F)F)cc2-n2c3ccccc3c3cc(-c4nc(-c5ccccc5)nc(-c5ccccc5)n4)ccc32)c1. The third kappa shape index (κ3) is 8.37. The van der Waals surface area contributed by atoms with Gasteiger partial charge in [-0.1, -0.05) is 164 Å². The molecule has 0 aliphatic rings. The molecule has 0 saturated heterocycles. The molecule has 0 fully saturated rings. The monoisotopic (exact) mass is 1040 g/mol. The van der Waals surface area contributed by atoms with Crippen LogP contribution in [0.25, 0.3) is 134 Å². The third-order valence-electron chi connectivity index (χ3n) is 14.5. The van der Waals surface area contributed by atoms with Crippen LogP contribution in [0.3, 0.4) is 0 Å². The highest BCUT2D eigenvalue weighted by Crippen LogP contribution is 2.44. The summed E-state index contributed by atoms with van der Waals surface area (Å²) in [5, 5.41) is 13.9. The van der Waals surface area contributed by atoms with E-state index in [2.05, 4.69) is 22.8 Å². The summed E-state index contributed by atoms with van der Waals surface area (Å²) >= 11 is 0. The first-order chi connectivity index (χ1) is 39.2. The number of aromatic nitrogens is 8. The van der Waals surface area contributed by atoms with E-state index in [1.807, 2.05) is 205 Å². The number of benzene rings is 10. The van der Waals surface area contributed by atoms with E-state index < -0.39 is 11.7 Å². The lowest BCUT2D eigenvalue weighted by Crippen LogP contribution is -2.08. The van der Waals surface area contributed by atoms with Crippen LogP contribution in [0, 0.1) is 11.3 Å². The smallest absolute Gasteiger partial charge is 0.309 e. The molecule has 0 aliphatic carbocycles. The Hall–Kier alpha value is -10.9. The number of para-hydroxylation sites is 2. The first-order valence-corrected chi connectivity index (χ1v) is 25.8. The fourth-order valence-corrected chi connectivity index (χ4v) is 10.8. The van der Waals surface area contributed by atoms with E-state index in [9.17, 15) is 5.26 Å². The standard InChI is InChI=1S/C68H40F3N9/c69-68(70,71)49-32-33-52(61(40-49)80-57-28-16-14-26-51(57)55-39-48(31-36-60(55)80)67-77-64(45-21-9-3-10-22-45)74-65(78-67)46-23-11-4-12-24-46)53-37-42(41-72)29-34-58(53)79-56-27-15-13-25-50(56)54-38-47(30-35-59(54)79)66-75-62(43-17-5-1-6-18-43)73-63(76-66)44-19-7-2-8-20-44/h1-40H. The zero-order chi connectivity index (χ0) is 53.9. The quantitative estimate of drug-likeness (QED) is 0.142. The molecule has 0 radical (unpaired) electrons. The average Bonchev–Trinajstić information content (AvgIpc) is 4.11. The van der Waals surface area contributed by atoms with Crippen molar-refractivity contribution >= 4 is 43.6 Å². The Bertz CT molecular complexity index is 4650. The number of rotatable bonds is 9. The molecule has 4 heterocycles. The molecular formula is C68H40F3N9. The van der Waals surface area contributed by atoms with Crippen LogP contribution in [0.1, 0.15) is 11.1 Å². The summed E-state index contributed by atoms with van der Waals surface area (Å²) in [5.41, 5.74) is 9.28. The van der Waals surface area contributed by atoms with Gasteiger partial charge in [0.15, 0.2) is 34.9 Å². The highest BCUT2D eigenvalue weighted by molar-refractivity contribution is 6.12. The van der Waals surface area contributed by atoms with Crippen molar-refractivity contribution < 1.29 is 13.2 Å². The van der Waals surface area contributed by atoms with E-state index in [4.69, 9.17) is 29.9 Å². The van der Waals surface area contributed by atoms with Crippen molar-refractivity contribution in [2.45, 2.75) is 6.18 Å². The van der Waals surface area contributed by atoms with E-state index in [1.165, 1.54) is 12.1 Å². The van der Waals surface area contributed by atoms with Crippen LogP contribution in [0.2, 0.25) is 0 Å². The van der Waals surface area contributed by atoms with Crippen molar-refractivity contribution in [1.82, 2.24) is 39.0 Å². The number of alkyl halides is 3. The number of halogens is 3. The Kier molecular flexibility index (Phi) is 11.5. The van der Waals surface area contributed by atoms with Gasteiger partial charge in [0.1, 0.15) is 0 Å². The van der Waals surface area contributed by atoms with Gasteiger partial charge in [0.25, 0.3) is 0 Å². The molecule has 0 atom stereocenters. The summed E-state index contributed by atoms with van der Waals surface area (Å²) in [6, 6.07) is 78.2. The van der Waals surface area contributed by atoms with E-state index in [0.29, 0.717) is 73.9 Å². The van der Waals surface area contributed by atoms with Crippen molar-refractivity contribution in [3.8, 4) is 96.9 Å². The Morgan fingerprint density at radius 2 is 0.688 bits per heavy atom. The van der Waals surface area contributed by atoms with Gasteiger partial charge < -0.3 is 9.13 Å². The topological polar surface area (TPSA) is 111 Å². The molecule has 9 nitrogen and oxygen atoms in total. The Morgan fingerprint density at radius 1 is 0.312 bits per heavy atom. The van der Waals surface area contributed by atoms with Gasteiger partial charge in [-0.3, -0.25) is 0 Å². The minimum Gasteiger partial charge on any atom is -0.309 e. The molecule has 0 bridgehead atoms. The summed E-state index contributed by atoms with van der Waals surface area (Å²) in [4.78, 5) is 29.8. The lowest BCUT2D eigenvalue weighted by Gasteiger charge is -2.20. The van der Waals surface area contributed by atoms with Crippen molar-refractivity contribution in [3.05, 3.63) is 254 Å².